The average Bonchev–Trinajstić information content (AvgIpc) is 2.85. The normalized spacial score (nSPS) is 11.0. The molecule has 1 amide bonds. The van der Waals surface area contributed by atoms with E-state index in [1.54, 1.807) is 0 Å². The SMILES string of the molecule is CC(C)N(CC(=O)O)C(=O)CCc1c[nH]c2ccccc12. The maximum absolute atomic E-state index is 12.2. The first-order valence-corrected chi connectivity index (χ1v) is 7.05. The molecule has 0 aliphatic rings. The molecule has 0 radical (unpaired) electrons. The summed E-state index contributed by atoms with van der Waals surface area (Å²) in [6.45, 7) is 3.41. The fourth-order valence-electron chi connectivity index (χ4n) is 2.43. The fraction of sp³-hybridized carbons (Fsp3) is 0.375. The van der Waals surface area contributed by atoms with E-state index in [0.29, 0.717) is 12.8 Å². The number of carbonyl (C=O) groups excluding carboxylic acids is 1. The Bertz CT molecular complexity index is 646. The lowest BCUT2D eigenvalue weighted by atomic mass is 10.1. The van der Waals surface area contributed by atoms with Crippen LogP contribution in [0.4, 0.5) is 0 Å². The summed E-state index contributed by atoms with van der Waals surface area (Å²) in [5, 5.41) is 9.99. The van der Waals surface area contributed by atoms with E-state index in [4.69, 9.17) is 5.11 Å². The van der Waals surface area contributed by atoms with Gasteiger partial charge in [-0.25, -0.2) is 0 Å². The molecule has 0 saturated heterocycles. The Balaban J connectivity index is 2.04. The van der Waals surface area contributed by atoms with Gasteiger partial charge in [0.2, 0.25) is 5.91 Å². The number of aryl methyl sites for hydroxylation is 1. The van der Waals surface area contributed by atoms with Crippen LogP contribution in [0.5, 0.6) is 0 Å². The first-order valence-electron chi connectivity index (χ1n) is 7.05. The van der Waals surface area contributed by atoms with Crippen molar-refractivity contribution in [2.45, 2.75) is 32.7 Å². The average molecular weight is 288 g/mol. The molecule has 2 rings (SSSR count). The third-order valence-corrected chi connectivity index (χ3v) is 3.53. The predicted molar refractivity (Wildman–Crippen MR) is 81.1 cm³/mol. The topological polar surface area (TPSA) is 73.4 Å². The van der Waals surface area contributed by atoms with Crippen LogP contribution in [0.2, 0.25) is 0 Å². The molecule has 112 valence electrons. The summed E-state index contributed by atoms with van der Waals surface area (Å²) in [6.07, 6.45) is 2.83. The van der Waals surface area contributed by atoms with E-state index in [0.717, 1.165) is 16.5 Å². The molecule has 5 nitrogen and oxygen atoms in total. The van der Waals surface area contributed by atoms with Crippen LogP contribution in [0.15, 0.2) is 30.5 Å². The van der Waals surface area contributed by atoms with Gasteiger partial charge in [-0.15, -0.1) is 0 Å². The van der Waals surface area contributed by atoms with Crippen molar-refractivity contribution in [3.05, 3.63) is 36.0 Å². The second kappa shape index (κ2) is 6.43. The molecular weight excluding hydrogens is 268 g/mol. The zero-order valence-corrected chi connectivity index (χ0v) is 12.3. The minimum atomic E-state index is -0.982. The van der Waals surface area contributed by atoms with Gasteiger partial charge in [-0.1, -0.05) is 18.2 Å². The maximum Gasteiger partial charge on any atom is 0.323 e. The Labute approximate surface area is 123 Å². The lowest BCUT2D eigenvalue weighted by Crippen LogP contribution is -2.40. The number of nitrogens with zero attached hydrogens (tertiary/aromatic N) is 1. The number of hydrogen-bond acceptors (Lipinski definition) is 2. The fourth-order valence-corrected chi connectivity index (χ4v) is 2.43. The van der Waals surface area contributed by atoms with Crippen LogP contribution in [0, 0.1) is 0 Å². The molecule has 1 heterocycles. The summed E-state index contributed by atoms with van der Waals surface area (Å²) < 4.78 is 0. The molecule has 21 heavy (non-hydrogen) atoms. The molecule has 1 aromatic carbocycles. The number of rotatable bonds is 6. The Morgan fingerprint density at radius 1 is 1.29 bits per heavy atom. The monoisotopic (exact) mass is 288 g/mol. The van der Waals surface area contributed by atoms with Crippen molar-refractivity contribution >= 4 is 22.8 Å². The van der Waals surface area contributed by atoms with Gasteiger partial charge in [0, 0.05) is 29.6 Å². The molecule has 5 heteroatoms. The van der Waals surface area contributed by atoms with Crippen LogP contribution in [-0.4, -0.2) is 39.5 Å². The summed E-state index contributed by atoms with van der Waals surface area (Å²) in [7, 11) is 0. The van der Waals surface area contributed by atoms with Crippen LogP contribution < -0.4 is 0 Å². The van der Waals surface area contributed by atoms with Gasteiger partial charge in [-0.2, -0.15) is 0 Å². The number of aromatic nitrogens is 1. The second-order valence-electron chi connectivity index (χ2n) is 5.37. The molecule has 0 aliphatic heterocycles. The van der Waals surface area contributed by atoms with Crippen molar-refractivity contribution in [3.8, 4) is 0 Å². The summed E-state index contributed by atoms with van der Waals surface area (Å²) in [4.78, 5) is 27.6. The lowest BCUT2D eigenvalue weighted by molar-refractivity contribution is -0.145. The number of H-pyrrole nitrogens is 1. The number of benzene rings is 1. The van der Waals surface area contributed by atoms with Crippen LogP contribution >= 0.6 is 0 Å². The number of fused-ring (bicyclic) bond motifs is 1. The molecule has 1 aromatic heterocycles. The van der Waals surface area contributed by atoms with E-state index in [9.17, 15) is 9.59 Å². The van der Waals surface area contributed by atoms with Crippen LogP contribution in [0.3, 0.4) is 0 Å². The van der Waals surface area contributed by atoms with Gasteiger partial charge < -0.3 is 15.0 Å². The highest BCUT2D eigenvalue weighted by atomic mass is 16.4. The molecule has 0 bridgehead atoms. The van der Waals surface area contributed by atoms with Crippen LogP contribution in [0.1, 0.15) is 25.8 Å². The molecular formula is C16H20N2O3. The standard InChI is InChI=1S/C16H20N2O3/c1-11(2)18(10-16(20)21)15(19)8-7-12-9-17-14-6-4-3-5-13(12)14/h3-6,9,11,17H,7-8,10H2,1-2H3,(H,20,21). The highest BCUT2D eigenvalue weighted by Crippen LogP contribution is 2.19. The van der Waals surface area contributed by atoms with Crippen LogP contribution in [-0.2, 0) is 16.0 Å². The Hall–Kier alpha value is -2.30. The van der Waals surface area contributed by atoms with E-state index in [1.807, 2.05) is 44.3 Å². The van der Waals surface area contributed by atoms with Crippen molar-refractivity contribution in [1.29, 1.82) is 0 Å². The van der Waals surface area contributed by atoms with Gasteiger partial charge in [0.15, 0.2) is 0 Å². The maximum atomic E-state index is 12.2. The van der Waals surface area contributed by atoms with E-state index < -0.39 is 5.97 Å². The van der Waals surface area contributed by atoms with Gasteiger partial charge in [-0.05, 0) is 31.9 Å². The number of carboxylic acids is 1. The number of amides is 1. The number of para-hydroxylation sites is 1. The smallest absolute Gasteiger partial charge is 0.323 e. The number of hydrogen-bond donors (Lipinski definition) is 2. The number of aliphatic carboxylic acids is 1. The minimum absolute atomic E-state index is 0.114. The largest absolute Gasteiger partial charge is 0.480 e. The Morgan fingerprint density at radius 2 is 2.00 bits per heavy atom. The van der Waals surface area contributed by atoms with Crippen molar-refractivity contribution in [2.75, 3.05) is 6.54 Å². The summed E-state index contributed by atoms with van der Waals surface area (Å²) in [5.74, 6) is -1.11. The zero-order valence-electron chi connectivity index (χ0n) is 12.3. The highest BCUT2D eigenvalue weighted by Gasteiger charge is 2.19. The van der Waals surface area contributed by atoms with Gasteiger partial charge in [0.25, 0.3) is 0 Å². The molecule has 0 aliphatic carbocycles. The number of carbonyl (C=O) groups is 2. The van der Waals surface area contributed by atoms with E-state index in [1.165, 1.54) is 4.90 Å². The molecule has 2 aromatic rings. The van der Waals surface area contributed by atoms with Crippen molar-refractivity contribution in [3.63, 3.8) is 0 Å². The highest BCUT2D eigenvalue weighted by molar-refractivity contribution is 5.85. The lowest BCUT2D eigenvalue weighted by Gasteiger charge is -2.24. The number of nitrogens with one attached hydrogen (secondary N) is 1. The Kier molecular flexibility index (Phi) is 4.62. The van der Waals surface area contributed by atoms with E-state index >= 15 is 0 Å². The van der Waals surface area contributed by atoms with E-state index in [2.05, 4.69) is 4.98 Å². The quantitative estimate of drug-likeness (QED) is 0.857. The molecule has 0 spiro atoms. The van der Waals surface area contributed by atoms with Crippen LogP contribution in [0.25, 0.3) is 10.9 Å². The van der Waals surface area contributed by atoms with E-state index in [-0.39, 0.29) is 18.5 Å². The van der Waals surface area contributed by atoms with Crippen molar-refractivity contribution in [2.24, 2.45) is 0 Å². The summed E-state index contributed by atoms with van der Waals surface area (Å²) in [5.41, 5.74) is 2.13. The predicted octanol–water partition coefficient (Wildman–Crippen LogP) is 2.42. The Morgan fingerprint density at radius 3 is 2.67 bits per heavy atom. The summed E-state index contributed by atoms with van der Waals surface area (Å²) in [6, 6.07) is 7.82. The molecule has 0 atom stereocenters. The van der Waals surface area contributed by atoms with Gasteiger partial charge >= 0.3 is 5.97 Å². The second-order valence-corrected chi connectivity index (χ2v) is 5.37. The molecule has 0 unspecified atom stereocenters. The van der Waals surface area contributed by atoms with Gasteiger partial charge in [0.1, 0.15) is 6.54 Å². The first kappa shape index (κ1) is 15.1. The van der Waals surface area contributed by atoms with Crippen molar-refractivity contribution in [1.82, 2.24) is 9.88 Å². The number of aromatic amines is 1. The molecule has 2 N–H and O–H groups in total. The third-order valence-electron chi connectivity index (χ3n) is 3.53. The number of carboxylic acid groups (broad SMARTS) is 1. The zero-order chi connectivity index (χ0) is 15.4. The third kappa shape index (κ3) is 3.62. The van der Waals surface area contributed by atoms with Gasteiger partial charge in [0.05, 0.1) is 0 Å². The summed E-state index contributed by atoms with van der Waals surface area (Å²) >= 11 is 0. The van der Waals surface area contributed by atoms with Crippen molar-refractivity contribution < 1.29 is 14.7 Å². The molecule has 0 saturated carbocycles. The molecule has 0 fully saturated rings. The van der Waals surface area contributed by atoms with Gasteiger partial charge in [-0.3, -0.25) is 9.59 Å². The minimum Gasteiger partial charge on any atom is -0.480 e. The first-order chi connectivity index (χ1) is 9.99.